The lowest BCUT2D eigenvalue weighted by Gasteiger charge is -2.01. The van der Waals surface area contributed by atoms with Crippen molar-refractivity contribution in [2.24, 2.45) is 0 Å². The largest absolute Gasteiger partial charge is 0.478 e. The molecule has 0 bridgehead atoms. The van der Waals surface area contributed by atoms with E-state index < -0.39 is 5.97 Å². The Morgan fingerprint density at radius 1 is 1.33 bits per heavy atom. The van der Waals surface area contributed by atoms with Crippen molar-refractivity contribution in [3.8, 4) is 0 Å². The number of hydrogen-bond acceptors (Lipinski definition) is 3. The summed E-state index contributed by atoms with van der Waals surface area (Å²) in [4.78, 5) is 10.4. The molecule has 5 N–H and O–H groups in total. The molecule has 0 aromatic heterocycles. The highest BCUT2D eigenvalue weighted by Gasteiger charge is 2.07. The standard InChI is InChI=1S/C7H8N2O2.BrH/c8-5-3-1-2-4(6(5)9)7(10)11;/h1-3H,8-9H2,(H,10,11);1H. The number of halogens is 1. The molecule has 0 fully saturated rings. The van der Waals surface area contributed by atoms with Crippen LogP contribution in [-0.2, 0) is 0 Å². The van der Waals surface area contributed by atoms with Gasteiger partial charge >= 0.3 is 5.97 Å². The lowest BCUT2D eigenvalue weighted by molar-refractivity contribution is 0.0698. The van der Waals surface area contributed by atoms with Crippen LogP contribution in [0.5, 0.6) is 0 Å². The minimum atomic E-state index is -1.06. The Morgan fingerprint density at radius 3 is 2.33 bits per heavy atom. The Kier molecular flexibility index (Phi) is 3.56. The number of nitrogens with two attached hydrogens (primary N) is 2. The highest BCUT2D eigenvalue weighted by molar-refractivity contribution is 8.93. The van der Waals surface area contributed by atoms with Gasteiger partial charge < -0.3 is 16.6 Å². The summed E-state index contributed by atoms with van der Waals surface area (Å²) < 4.78 is 0. The van der Waals surface area contributed by atoms with Crippen molar-refractivity contribution in [3.05, 3.63) is 23.8 Å². The number of para-hydroxylation sites is 1. The maximum absolute atomic E-state index is 10.4. The van der Waals surface area contributed by atoms with E-state index >= 15 is 0 Å². The number of nitrogen functional groups attached to an aromatic ring is 2. The molecule has 1 aromatic carbocycles. The monoisotopic (exact) mass is 232 g/mol. The van der Waals surface area contributed by atoms with Crippen molar-refractivity contribution in [2.75, 3.05) is 11.5 Å². The molecule has 12 heavy (non-hydrogen) atoms. The van der Waals surface area contributed by atoms with E-state index in [1.165, 1.54) is 6.07 Å². The number of aromatic carboxylic acids is 1. The Hall–Kier alpha value is -1.23. The number of hydrogen-bond donors (Lipinski definition) is 3. The number of carboxylic acid groups (broad SMARTS) is 1. The smallest absolute Gasteiger partial charge is 0.337 e. The minimum absolute atomic E-state index is 0. The second-order valence-electron chi connectivity index (χ2n) is 2.11. The lowest BCUT2D eigenvalue weighted by Crippen LogP contribution is -2.04. The first-order valence-electron chi connectivity index (χ1n) is 3.00. The van der Waals surface area contributed by atoms with Gasteiger partial charge in [0.05, 0.1) is 16.9 Å². The van der Waals surface area contributed by atoms with Crippen LogP contribution in [0.2, 0.25) is 0 Å². The van der Waals surface area contributed by atoms with E-state index in [1.807, 2.05) is 0 Å². The molecule has 0 aliphatic rings. The van der Waals surface area contributed by atoms with Crippen LogP contribution in [0.4, 0.5) is 11.4 Å². The van der Waals surface area contributed by atoms with Crippen LogP contribution in [0.1, 0.15) is 10.4 Å². The van der Waals surface area contributed by atoms with Gasteiger partial charge in [0.2, 0.25) is 0 Å². The second kappa shape index (κ2) is 3.96. The minimum Gasteiger partial charge on any atom is -0.478 e. The molecule has 0 radical (unpaired) electrons. The molecule has 5 heteroatoms. The molecule has 0 amide bonds. The third-order valence-corrected chi connectivity index (χ3v) is 1.37. The molecule has 0 heterocycles. The summed E-state index contributed by atoms with van der Waals surface area (Å²) in [6, 6.07) is 4.52. The number of carbonyl (C=O) groups is 1. The number of benzene rings is 1. The zero-order chi connectivity index (χ0) is 8.43. The quantitative estimate of drug-likeness (QED) is 0.634. The van der Waals surface area contributed by atoms with E-state index in [0.29, 0.717) is 5.69 Å². The van der Waals surface area contributed by atoms with Crippen LogP contribution < -0.4 is 11.5 Å². The number of carboxylic acids is 1. The van der Waals surface area contributed by atoms with Crippen molar-refractivity contribution in [2.45, 2.75) is 0 Å². The Labute approximate surface area is 79.9 Å². The average Bonchev–Trinajstić information content (AvgIpc) is 1.94. The molecule has 0 aliphatic heterocycles. The summed E-state index contributed by atoms with van der Waals surface area (Å²) in [6.07, 6.45) is 0. The summed E-state index contributed by atoms with van der Waals surface area (Å²) in [5.74, 6) is -1.06. The molecule has 0 atom stereocenters. The van der Waals surface area contributed by atoms with Crippen molar-refractivity contribution in [3.63, 3.8) is 0 Å². The highest BCUT2D eigenvalue weighted by Crippen LogP contribution is 2.18. The van der Waals surface area contributed by atoms with Crippen molar-refractivity contribution < 1.29 is 9.90 Å². The summed E-state index contributed by atoms with van der Waals surface area (Å²) in [6.45, 7) is 0. The second-order valence-corrected chi connectivity index (χ2v) is 2.11. The van der Waals surface area contributed by atoms with Crippen LogP contribution in [0, 0.1) is 0 Å². The Morgan fingerprint density at radius 2 is 1.92 bits per heavy atom. The zero-order valence-electron chi connectivity index (χ0n) is 6.15. The fraction of sp³-hybridized carbons (Fsp3) is 0. The normalized spacial score (nSPS) is 8.67. The molecule has 0 saturated carbocycles. The van der Waals surface area contributed by atoms with Gasteiger partial charge in [-0.2, -0.15) is 0 Å². The van der Waals surface area contributed by atoms with E-state index in [1.54, 1.807) is 12.1 Å². The third kappa shape index (κ3) is 1.88. The van der Waals surface area contributed by atoms with Gasteiger partial charge in [0.15, 0.2) is 0 Å². The first-order chi connectivity index (χ1) is 5.13. The maximum atomic E-state index is 10.4. The van der Waals surface area contributed by atoms with Gasteiger partial charge in [-0.1, -0.05) is 6.07 Å². The van der Waals surface area contributed by atoms with Gasteiger partial charge in [0.25, 0.3) is 0 Å². The van der Waals surface area contributed by atoms with Crippen LogP contribution in [0.25, 0.3) is 0 Å². The summed E-state index contributed by atoms with van der Waals surface area (Å²) >= 11 is 0. The Balaban J connectivity index is 0.00000121. The third-order valence-electron chi connectivity index (χ3n) is 1.37. The molecular weight excluding hydrogens is 224 g/mol. The lowest BCUT2D eigenvalue weighted by atomic mass is 10.1. The first kappa shape index (κ1) is 10.8. The maximum Gasteiger partial charge on any atom is 0.337 e. The highest BCUT2D eigenvalue weighted by atomic mass is 79.9. The van der Waals surface area contributed by atoms with E-state index in [4.69, 9.17) is 16.6 Å². The molecule has 0 saturated heterocycles. The topological polar surface area (TPSA) is 89.3 Å². The van der Waals surface area contributed by atoms with Crippen LogP contribution in [0.15, 0.2) is 18.2 Å². The summed E-state index contributed by atoms with van der Waals surface area (Å²) in [5.41, 5.74) is 11.2. The fourth-order valence-corrected chi connectivity index (χ4v) is 0.770. The fourth-order valence-electron chi connectivity index (χ4n) is 0.770. The van der Waals surface area contributed by atoms with Crippen LogP contribution in [-0.4, -0.2) is 11.1 Å². The van der Waals surface area contributed by atoms with Crippen molar-refractivity contribution >= 4 is 34.3 Å². The molecule has 0 aliphatic carbocycles. The SMILES string of the molecule is Br.Nc1cccc(C(=O)O)c1N. The van der Waals surface area contributed by atoms with E-state index in [-0.39, 0.29) is 28.2 Å². The molecule has 1 rings (SSSR count). The molecular formula is C7H9BrN2O2. The number of rotatable bonds is 1. The van der Waals surface area contributed by atoms with Crippen molar-refractivity contribution in [1.29, 1.82) is 0 Å². The van der Waals surface area contributed by atoms with Crippen molar-refractivity contribution in [1.82, 2.24) is 0 Å². The van der Waals surface area contributed by atoms with Crippen LogP contribution in [0.3, 0.4) is 0 Å². The molecule has 0 spiro atoms. The number of anilines is 2. The molecule has 66 valence electrons. The predicted octanol–water partition coefficient (Wildman–Crippen LogP) is 1.13. The summed E-state index contributed by atoms with van der Waals surface area (Å²) in [5, 5.41) is 8.55. The van der Waals surface area contributed by atoms with Gasteiger partial charge in [-0.05, 0) is 12.1 Å². The first-order valence-corrected chi connectivity index (χ1v) is 3.00. The summed E-state index contributed by atoms with van der Waals surface area (Å²) in [7, 11) is 0. The molecule has 1 aromatic rings. The Bertz CT molecular complexity index is 301. The molecule has 0 unspecified atom stereocenters. The zero-order valence-corrected chi connectivity index (χ0v) is 7.86. The van der Waals surface area contributed by atoms with E-state index in [2.05, 4.69) is 0 Å². The van der Waals surface area contributed by atoms with Gasteiger partial charge in [0.1, 0.15) is 0 Å². The van der Waals surface area contributed by atoms with E-state index in [9.17, 15) is 4.79 Å². The average molecular weight is 233 g/mol. The van der Waals surface area contributed by atoms with Gasteiger partial charge in [-0.3, -0.25) is 0 Å². The molecule has 4 nitrogen and oxygen atoms in total. The van der Waals surface area contributed by atoms with E-state index in [0.717, 1.165) is 0 Å². The van der Waals surface area contributed by atoms with Gasteiger partial charge in [0, 0.05) is 0 Å². The van der Waals surface area contributed by atoms with Gasteiger partial charge in [-0.25, -0.2) is 4.79 Å². The predicted molar refractivity (Wildman–Crippen MR) is 52.5 cm³/mol. The van der Waals surface area contributed by atoms with Crippen LogP contribution >= 0.6 is 17.0 Å². The van der Waals surface area contributed by atoms with Gasteiger partial charge in [-0.15, -0.1) is 17.0 Å².